The first-order chi connectivity index (χ1) is 8.97. The van der Waals surface area contributed by atoms with Crippen LogP contribution in [0.5, 0.6) is 0 Å². The molecule has 2 N–H and O–H groups in total. The number of rotatable bonds is 3. The van der Waals surface area contributed by atoms with Crippen LogP contribution >= 0.6 is 0 Å². The molecule has 0 aliphatic carbocycles. The van der Waals surface area contributed by atoms with Gasteiger partial charge in [0.1, 0.15) is 11.6 Å². The van der Waals surface area contributed by atoms with Crippen LogP contribution in [0.15, 0.2) is 24.7 Å². The lowest BCUT2D eigenvalue weighted by atomic mass is 10.2. The summed E-state index contributed by atoms with van der Waals surface area (Å²) in [5, 5.41) is 4.02. The van der Waals surface area contributed by atoms with E-state index >= 15 is 0 Å². The van der Waals surface area contributed by atoms with E-state index in [4.69, 9.17) is 5.73 Å². The predicted octanol–water partition coefficient (Wildman–Crippen LogP) is 0.809. The molecule has 0 aliphatic heterocycles. The third-order valence-electron chi connectivity index (χ3n) is 2.64. The van der Waals surface area contributed by atoms with E-state index in [1.54, 1.807) is 31.2 Å². The Morgan fingerprint density at radius 3 is 2.89 bits per heavy atom. The highest BCUT2D eigenvalue weighted by atomic mass is 19.1. The van der Waals surface area contributed by atoms with Crippen LogP contribution in [-0.2, 0) is 13.6 Å². The fourth-order valence-corrected chi connectivity index (χ4v) is 1.73. The van der Waals surface area contributed by atoms with Gasteiger partial charge in [0.05, 0.1) is 18.0 Å². The Hall–Kier alpha value is -2.44. The normalized spacial score (nSPS) is 10.5. The Morgan fingerprint density at radius 1 is 1.53 bits per heavy atom. The molecule has 2 aromatic heterocycles. The molecule has 0 bridgehead atoms. The standard InChI is InChI=1S/C12H14FN5O/c1-17(6-8-4-16-18(2)7-8)12(19)10-3-9(13)5-15-11(10)14/h3-5,7H,6H2,1-2H3,(H2,14,15). The first kappa shape index (κ1) is 13.0. The van der Waals surface area contributed by atoms with Crippen LogP contribution in [-0.4, -0.2) is 32.6 Å². The van der Waals surface area contributed by atoms with Crippen LogP contribution in [0.1, 0.15) is 15.9 Å². The zero-order valence-corrected chi connectivity index (χ0v) is 10.7. The van der Waals surface area contributed by atoms with Crippen molar-refractivity contribution >= 4 is 11.7 Å². The second-order valence-corrected chi connectivity index (χ2v) is 4.27. The summed E-state index contributed by atoms with van der Waals surface area (Å²) in [5.41, 5.74) is 6.52. The highest BCUT2D eigenvalue weighted by molar-refractivity contribution is 5.98. The van der Waals surface area contributed by atoms with Crippen LogP contribution in [0.25, 0.3) is 0 Å². The molecule has 0 aromatic carbocycles. The molecular formula is C12H14FN5O. The van der Waals surface area contributed by atoms with Gasteiger partial charge in [-0.25, -0.2) is 9.37 Å². The van der Waals surface area contributed by atoms with Gasteiger partial charge in [-0.15, -0.1) is 0 Å². The largest absolute Gasteiger partial charge is 0.383 e. The summed E-state index contributed by atoms with van der Waals surface area (Å²) in [7, 11) is 3.40. The molecule has 19 heavy (non-hydrogen) atoms. The molecule has 0 aliphatic rings. The van der Waals surface area contributed by atoms with Gasteiger partial charge < -0.3 is 10.6 Å². The number of nitrogens with two attached hydrogens (primary N) is 1. The fourth-order valence-electron chi connectivity index (χ4n) is 1.73. The number of nitrogen functional groups attached to an aromatic ring is 1. The summed E-state index contributed by atoms with van der Waals surface area (Å²) in [6.45, 7) is 0.364. The van der Waals surface area contributed by atoms with E-state index in [9.17, 15) is 9.18 Å². The zero-order valence-electron chi connectivity index (χ0n) is 10.7. The van der Waals surface area contributed by atoms with Crippen molar-refractivity contribution in [2.24, 2.45) is 7.05 Å². The molecular weight excluding hydrogens is 249 g/mol. The number of hydrogen-bond acceptors (Lipinski definition) is 4. The number of carbonyl (C=O) groups is 1. The van der Waals surface area contributed by atoms with Crippen LogP contribution in [0.3, 0.4) is 0 Å². The fraction of sp³-hybridized carbons (Fsp3) is 0.250. The van der Waals surface area contributed by atoms with E-state index in [1.165, 1.54) is 4.90 Å². The number of carbonyl (C=O) groups excluding carboxylic acids is 1. The monoisotopic (exact) mass is 263 g/mol. The Morgan fingerprint density at radius 2 is 2.26 bits per heavy atom. The molecule has 0 saturated carbocycles. The lowest BCUT2D eigenvalue weighted by molar-refractivity contribution is 0.0785. The Labute approximate surface area is 109 Å². The Kier molecular flexibility index (Phi) is 3.46. The number of hydrogen-bond donors (Lipinski definition) is 1. The number of aryl methyl sites for hydroxylation is 1. The summed E-state index contributed by atoms with van der Waals surface area (Å²) < 4.78 is 14.7. The maximum absolute atomic E-state index is 13.1. The third-order valence-corrected chi connectivity index (χ3v) is 2.64. The molecule has 2 rings (SSSR count). The van der Waals surface area contributed by atoms with E-state index in [0.29, 0.717) is 6.54 Å². The van der Waals surface area contributed by atoms with Crippen molar-refractivity contribution in [3.8, 4) is 0 Å². The Balaban J connectivity index is 2.16. The van der Waals surface area contributed by atoms with Crippen molar-refractivity contribution in [1.82, 2.24) is 19.7 Å². The smallest absolute Gasteiger partial charge is 0.257 e. The van der Waals surface area contributed by atoms with Crippen molar-refractivity contribution in [2.75, 3.05) is 12.8 Å². The summed E-state index contributed by atoms with van der Waals surface area (Å²) in [6.07, 6.45) is 4.45. The van der Waals surface area contributed by atoms with Crippen molar-refractivity contribution < 1.29 is 9.18 Å². The number of aromatic nitrogens is 3. The molecule has 0 spiro atoms. The maximum Gasteiger partial charge on any atom is 0.257 e. The second-order valence-electron chi connectivity index (χ2n) is 4.27. The molecule has 2 aromatic rings. The van der Waals surface area contributed by atoms with Crippen LogP contribution < -0.4 is 5.73 Å². The quantitative estimate of drug-likeness (QED) is 0.889. The SMILES string of the molecule is CN(Cc1cnn(C)c1)C(=O)c1cc(F)cnc1N. The number of halogens is 1. The topological polar surface area (TPSA) is 77.0 Å². The van der Waals surface area contributed by atoms with Crippen LogP contribution in [0, 0.1) is 5.82 Å². The van der Waals surface area contributed by atoms with Gasteiger partial charge >= 0.3 is 0 Å². The summed E-state index contributed by atoms with van der Waals surface area (Å²) in [5.74, 6) is -0.954. The lowest BCUT2D eigenvalue weighted by Crippen LogP contribution is -2.27. The summed E-state index contributed by atoms with van der Waals surface area (Å²) in [4.78, 5) is 17.2. The maximum atomic E-state index is 13.1. The van der Waals surface area contributed by atoms with Crippen molar-refractivity contribution in [3.05, 3.63) is 41.6 Å². The first-order valence-corrected chi connectivity index (χ1v) is 5.61. The van der Waals surface area contributed by atoms with Gasteiger partial charge in [-0.2, -0.15) is 5.10 Å². The molecule has 0 fully saturated rings. The average molecular weight is 263 g/mol. The second kappa shape index (κ2) is 5.05. The first-order valence-electron chi connectivity index (χ1n) is 5.61. The van der Waals surface area contributed by atoms with Gasteiger partial charge in [0, 0.05) is 32.4 Å². The van der Waals surface area contributed by atoms with Gasteiger partial charge in [0.2, 0.25) is 0 Å². The van der Waals surface area contributed by atoms with Gasteiger partial charge in [0.15, 0.2) is 0 Å². The van der Waals surface area contributed by atoms with Crippen LogP contribution in [0.4, 0.5) is 10.2 Å². The molecule has 0 saturated heterocycles. The van der Waals surface area contributed by atoms with Crippen molar-refractivity contribution in [2.45, 2.75) is 6.54 Å². The number of anilines is 1. The molecule has 7 heteroatoms. The van der Waals surface area contributed by atoms with Crippen LogP contribution in [0.2, 0.25) is 0 Å². The molecule has 1 amide bonds. The molecule has 0 radical (unpaired) electrons. The molecule has 6 nitrogen and oxygen atoms in total. The van der Waals surface area contributed by atoms with E-state index in [0.717, 1.165) is 17.8 Å². The van der Waals surface area contributed by atoms with E-state index in [2.05, 4.69) is 10.1 Å². The van der Waals surface area contributed by atoms with Gasteiger partial charge in [0.25, 0.3) is 5.91 Å². The average Bonchev–Trinajstić information content (AvgIpc) is 2.77. The summed E-state index contributed by atoms with van der Waals surface area (Å²) in [6, 6.07) is 1.09. The molecule has 0 atom stereocenters. The van der Waals surface area contributed by atoms with Crippen molar-refractivity contribution in [3.63, 3.8) is 0 Å². The zero-order chi connectivity index (χ0) is 14.0. The lowest BCUT2D eigenvalue weighted by Gasteiger charge is -2.16. The van der Waals surface area contributed by atoms with Gasteiger partial charge in [-0.3, -0.25) is 9.48 Å². The molecule has 2 heterocycles. The minimum Gasteiger partial charge on any atom is -0.383 e. The van der Waals surface area contributed by atoms with E-state index in [-0.39, 0.29) is 17.3 Å². The number of pyridine rings is 1. The van der Waals surface area contributed by atoms with Gasteiger partial charge in [-0.05, 0) is 6.07 Å². The highest BCUT2D eigenvalue weighted by Gasteiger charge is 2.17. The highest BCUT2D eigenvalue weighted by Crippen LogP contribution is 2.13. The van der Waals surface area contributed by atoms with E-state index < -0.39 is 5.82 Å². The Bertz CT molecular complexity index is 610. The third kappa shape index (κ3) is 2.87. The predicted molar refractivity (Wildman–Crippen MR) is 67.6 cm³/mol. The minimum atomic E-state index is -0.590. The molecule has 100 valence electrons. The molecule has 0 unspecified atom stereocenters. The van der Waals surface area contributed by atoms with Gasteiger partial charge in [-0.1, -0.05) is 0 Å². The number of amides is 1. The van der Waals surface area contributed by atoms with Crippen molar-refractivity contribution in [1.29, 1.82) is 0 Å². The van der Waals surface area contributed by atoms with E-state index in [1.807, 2.05) is 0 Å². The minimum absolute atomic E-state index is 0.0180. The summed E-state index contributed by atoms with van der Waals surface area (Å²) >= 11 is 0. The number of nitrogens with zero attached hydrogens (tertiary/aromatic N) is 4.